The van der Waals surface area contributed by atoms with Crippen molar-refractivity contribution in [3.63, 3.8) is 0 Å². The monoisotopic (exact) mass is 426 g/mol. The first-order valence-corrected chi connectivity index (χ1v) is 10.1. The van der Waals surface area contributed by atoms with E-state index in [1.54, 1.807) is 13.0 Å². The van der Waals surface area contributed by atoms with Crippen LogP contribution in [0.3, 0.4) is 0 Å². The summed E-state index contributed by atoms with van der Waals surface area (Å²) in [5, 5.41) is 7.94. The number of ether oxygens (including phenoxy) is 3. The average molecular weight is 426 g/mol. The lowest BCUT2D eigenvalue weighted by molar-refractivity contribution is -0.123. The van der Waals surface area contributed by atoms with Crippen LogP contribution in [0.15, 0.2) is 41.3 Å². The number of nitrogens with two attached hydrogens (primary N) is 1. The number of carbonyl (C=O) groups excluding carboxylic acids is 1. The molecule has 0 bridgehead atoms. The van der Waals surface area contributed by atoms with Crippen molar-refractivity contribution in [2.45, 2.75) is 24.3 Å². The van der Waals surface area contributed by atoms with E-state index in [1.165, 1.54) is 38.5 Å². The molecule has 0 aliphatic carbocycles. The van der Waals surface area contributed by atoms with Crippen molar-refractivity contribution in [2.24, 2.45) is 5.14 Å². The van der Waals surface area contributed by atoms with Gasteiger partial charge in [-0.15, -0.1) is 0 Å². The Hall–Kier alpha value is -2.85. The Bertz CT molecular complexity index is 981. The van der Waals surface area contributed by atoms with Gasteiger partial charge >= 0.3 is 0 Å². The molecule has 2 rings (SSSR count). The van der Waals surface area contributed by atoms with Gasteiger partial charge in [0.2, 0.25) is 10.0 Å². The Labute approximate surface area is 168 Å². The predicted octanol–water partition coefficient (Wildman–Crippen LogP) is 1.62. The third kappa shape index (κ3) is 6.33. The molecule has 0 radical (unpaired) electrons. The van der Waals surface area contributed by atoms with Crippen LogP contribution < -0.4 is 24.7 Å². The fourth-order valence-electron chi connectivity index (χ4n) is 2.70. The van der Waals surface area contributed by atoms with Crippen molar-refractivity contribution in [1.82, 2.24) is 5.32 Å². The van der Waals surface area contributed by atoms with Gasteiger partial charge in [-0.2, -0.15) is 0 Å². The minimum atomic E-state index is -3.95. The molecule has 1 amide bonds. The highest BCUT2D eigenvalue weighted by molar-refractivity contribution is 7.89. The highest BCUT2D eigenvalue weighted by Crippen LogP contribution is 2.27. The second-order valence-electron chi connectivity index (χ2n) is 6.29. The number of benzene rings is 2. The van der Waals surface area contributed by atoms with E-state index in [0.717, 1.165) is 6.07 Å². The molecule has 1 atom stereocenters. The molecular weight excluding hydrogens is 403 g/mol. The first kappa shape index (κ1) is 22.4. The van der Waals surface area contributed by atoms with E-state index < -0.39 is 21.7 Å². The van der Waals surface area contributed by atoms with Gasteiger partial charge < -0.3 is 19.5 Å². The lowest BCUT2D eigenvalue weighted by atomic mass is 10.1. The number of carbonyl (C=O) groups is 1. The number of sulfonamides is 1. The van der Waals surface area contributed by atoms with Gasteiger partial charge in [-0.3, -0.25) is 4.79 Å². The molecule has 2 aromatic rings. The number of amides is 1. The molecule has 0 aliphatic rings. The van der Waals surface area contributed by atoms with Crippen LogP contribution in [0.25, 0.3) is 0 Å². The third-order valence-corrected chi connectivity index (χ3v) is 4.90. The number of nitrogens with one attached hydrogen (secondary N) is 1. The van der Waals surface area contributed by atoms with Gasteiger partial charge in [0.05, 0.1) is 14.2 Å². The zero-order valence-corrected chi connectivity index (χ0v) is 17.1. The van der Waals surface area contributed by atoms with Crippen LogP contribution in [-0.4, -0.2) is 41.2 Å². The number of primary sulfonamides is 1. The van der Waals surface area contributed by atoms with Crippen molar-refractivity contribution < 1.29 is 31.8 Å². The quantitative estimate of drug-likeness (QED) is 0.629. The van der Waals surface area contributed by atoms with Gasteiger partial charge in [-0.05, 0) is 43.2 Å². The van der Waals surface area contributed by atoms with Crippen molar-refractivity contribution in [3.8, 4) is 17.2 Å². The Kier molecular flexibility index (Phi) is 7.40. The van der Waals surface area contributed by atoms with Gasteiger partial charge in [0.25, 0.3) is 5.91 Å². The van der Waals surface area contributed by atoms with E-state index in [-0.39, 0.29) is 29.0 Å². The zero-order valence-electron chi connectivity index (χ0n) is 16.3. The van der Waals surface area contributed by atoms with Gasteiger partial charge in [0, 0.05) is 12.1 Å². The molecule has 0 aliphatic heterocycles. The number of hydrogen-bond donors (Lipinski definition) is 2. The van der Waals surface area contributed by atoms with E-state index in [0.29, 0.717) is 17.7 Å². The predicted molar refractivity (Wildman–Crippen MR) is 104 cm³/mol. The van der Waals surface area contributed by atoms with Gasteiger partial charge in [0.15, 0.2) is 18.1 Å². The number of halogens is 1. The molecule has 0 saturated carbocycles. The summed E-state index contributed by atoms with van der Waals surface area (Å²) in [5.74, 6) is -0.377. The van der Waals surface area contributed by atoms with Gasteiger partial charge in [-0.25, -0.2) is 17.9 Å². The summed E-state index contributed by atoms with van der Waals surface area (Å²) in [4.78, 5) is 12.0. The second-order valence-corrected chi connectivity index (χ2v) is 7.82. The van der Waals surface area contributed by atoms with E-state index in [1.807, 2.05) is 0 Å². The summed E-state index contributed by atoms with van der Waals surface area (Å²) < 4.78 is 52.1. The van der Waals surface area contributed by atoms with Gasteiger partial charge in [0.1, 0.15) is 16.5 Å². The smallest absolute Gasteiger partial charge is 0.258 e. The minimum Gasteiger partial charge on any atom is -0.495 e. The molecule has 0 spiro atoms. The molecule has 0 unspecified atom stereocenters. The highest BCUT2D eigenvalue weighted by atomic mass is 32.2. The number of methoxy groups -OCH3 is 2. The molecule has 0 fully saturated rings. The molecule has 158 valence electrons. The Balaban J connectivity index is 1.98. The van der Waals surface area contributed by atoms with Gasteiger partial charge in [-0.1, -0.05) is 6.07 Å². The van der Waals surface area contributed by atoms with E-state index >= 15 is 0 Å². The number of hydrogen-bond acceptors (Lipinski definition) is 6. The van der Waals surface area contributed by atoms with Crippen molar-refractivity contribution in [2.75, 3.05) is 20.8 Å². The highest BCUT2D eigenvalue weighted by Gasteiger charge is 2.17. The molecule has 10 heteroatoms. The summed E-state index contributed by atoms with van der Waals surface area (Å²) in [6, 6.07) is 8.01. The van der Waals surface area contributed by atoms with Crippen LogP contribution >= 0.6 is 0 Å². The summed E-state index contributed by atoms with van der Waals surface area (Å²) in [5.41, 5.74) is 0.648. The Morgan fingerprint density at radius 3 is 2.38 bits per heavy atom. The van der Waals surface area contributed by atoms with Crippen LogP contribution in [0.2, 0.25) is 0 Å². The van der Waals surface area contributed by atoms with Crippen LogP contribution in [0, 0.1) is 5.82 Å². The van der Waals surface area contributed by atoms with Crippen LogP contribution in [0.4, 0.5) is 4.39 Å². The summed E-state index contributed by atoms with van der Waals surface area (Å²) in [7, 11) is -1.19. The SMILES string of the molecule is COc1ccc(F)cc1OCC(=O)N[C@H](C)Cc1ccc(OC)c(S(N)(=O)=O)c1. The molecule has 0 heterocycles. The molecular formula is C19H23FN2O6S. The maximum absolute atomic E-state index is 13.3. The fourth-order valence-corrected chi connectivity index (χ4v) is 3.45. The summed E-state index contributed by atoms with van der Waals surface area (Å²) in [6.45, 7) is 1.41. The van der Waals surface area contributed by atoms with E-state index in [4.69, 9.17) is 19.3 Å². The lowest BCUT2D eigenvalue weighted by Crippen LogP contribution is -2.37. The van der Waals surface area contributed by atoms with Crippen LogP contribution in [0.1, 0.15) is 12.5 Å². The largest absolute Gasteiger partial charge is 0.495 e. The molecule has 2 aromatic carbocycles. The average Bonchev–Trinajstić information content (AvgIpc) is 2.65. The normalized spacial score (nSPS) is 12.2. The molecule has 0 saturated heterocycles. The van der Waals surface area contributed by atoms with Crippen LogP contribution in [-0.2, 0) is 21.2 Å². The third-order valence-electron chi connectivity index (χ3n) is 3.97. The topological polar surface area (TPSA) is 117 Å². The molecule has 8 nitrogen and oxygen atoms in total. The van der Waals surface area contributed by atoms with Crippen LogP contribution in [0.5, 0.6) is 17.2 Å². The first-order chi connectivity index (χ1) is 13.6. The maximum Gasteiger partial charge on any atom is 0.258 e. The number of rotatable bonds is 9. The second kappa shape index (κ2) is 9.57. The Morgan fingerprint density at radius 2 is 1.76 bits per heavy atom. The van der Waals surface area contributed by atoms with Crippen molar-refractivity contribution in [1.29, 1.82) is 0 Å². The fraction of sp³-hybridized carbons (Fsp3) is 0.316. The molecule has 29 heavy (non-hydrogen) atoms. The Morgan fingerprint density at radius 1 is 1.10 bits per heavy atom. The maximum atomic E-state index is 13.3. The standard InChI is InChI=1S/C19H23FN2O6S/c1-12(8-13-4-6-16(27-3)18(9-13)29(21,24)25)22-19(23)11-28-17-10-14(20)5-7-15(17)26-2/h4-7,9-10,12H,8,11H2,1-3H3,(H,22,23)(H2,21,24,25)/t12-/m1/s1. The minimum absolute atomic E-state index is 0.114. The van der Waals surface area contributed by atoms with Crippen molar-refractivity contribution >= 4 is 15.9 Å². The first-order valence-electron chi connectivity index (χ1n) is 8.59. The molecule has 3 N–H and O–H groups in total. The lowest BCUT2D eigenvalue weighted by Gasteiger charge is -2.16. The zero-order chi connectivity index (χ0) is 21.6. The summed E-state index contributed by atoms with van der Waals surface area (Å²) in [6.07, 6.45) is 0.349. The summed E-state index contributed by atoms with van der Waals surface area (Å²) >= 11 is 0. The van der Waals surface area contributed by atoms with E-state index in [9.17, 15) is 17.6 Å². The van der Waals surface area contributed by atoms with E-state index in [2.05, 4.69) is 5.32 Å². The van der Waals surface area contributed by atoms with Crippen molar-refractivity contribution in [3.05, 3.63) is 47.8 Å². The molecule has 0 aromatic heterocycles.